The van der Waals surface area contributed by atoms with E-state index in [0.29, 0.717) is 6.54 Å². The highest BCUT2D eigenvalue weighted by Gasteiger charge is 2.41. The van der Waals surface area contributed by atoms with Crippen LogP contribution in [0.3, 0.4) is 0 Å². The van der Waals surface area contributed by atoms with E-state index in [1.807, 2.05) is 6.07 Å². The largest absolute Gasteiger partial charge is 0.376 e. The number of nitrogens with one attached hydrogen (secondary N) is 1. The van der Waals surface area contributed by atoms with E-state index in [9.17, 15) is 4.79 Å². The Labute approximate surface area is 142 Å². The second-order valence-corrected chi connectivity index (χ2v) is 7.06. The van der Waals surface area contributed by atoms with Crippen LogP contribution in [0.2, 0.25) is 0 Å². The van der Waals surface area contributed by atoms with E-state index in [4.69, 9.17) is 9.26 Å². The lowest BCUT2D eigenvalue weighted by Crippen LogP contribution is -2.45. The molecule has 24 heavy (non-hydrogen) atoms. The number of carbonyl (C=O) groups is 1. The summed E-state index contributed by atoms with van der Waals surface area (Å²) in [7, 11) is 0. The molecule has 1 aromatic heterocycles. The standard InChI is InChI=1S/C19H24N2O3/c1-18(2)14-19(10-13-23-18,15-6-4-3-5-7-15)9-12-20-17(22)16-8-11-21-24-16/h3-8,11H,9-10,12-14H2,1-2H3,(H,20,22). The maximum Gasteiger partial charge on any atom is 0.289 e. The van der Waals surface area contributed by atoms with Crippen LogP contribution in [0.25, 0.3) is 0 Å². The van der Waals surface area contributed by atoms with Gasteiger partial charge in [-0.3, -0.25) is 4.79 Å². The Morgan fingerprint density at radius 3 is 2.71 bits per heavy atom. The van der Waals surface area contributed by atoms with Gasteiger partial charge >= 0.3 is 0 Å². The van der Waals surface area contributed by atoms with Gasteiger partial charge in [-0.2, -0.15) is 0 Å². The predicted octanol–water partition coefficient (Wildman–Crippen LogP) is 3.32. The third-order valence-electron chi connectivity index (χ3n) is 4.77. The first kappa shape index (κ1) is 16.7. The minimum atomic E-state index is -0.220. The van der Waals surface area contributed by atoms with Crippen LogP contribution in [-0.4, -0.2) is 29.8 Å². The summed E-state index contributed by atoms with van der Waals surface area (Å²) in [4.78, 5) is 12.0. The van der Waals surface area contributed by atoms with Gasteiger partial charge in [0, 0.05) is 24.6 Å². The average Bonchev–Trinajstić information content (AvgIpc) is 3.09. The summed E-state index contributed by atoms with van der Waals surface area (Å²) in [6.45, 7) is 5.59. The number of carbonyl (C=O) groups excluding carboxylic acids is 1. The Balaban J connectivity index is 1.72. The van der Waals surface area contributed by atoms with Gasteiger partial charge in [0.15, 0.2) is 0 Å². The number of nitrogens with zero attached hydrogens (tertiary/aromatic N) is 1. The summed E-state index contributed by atoms with van der Waals surface area (Å²) in [6, 6.07) is 12.1. The van der Waals surface area contributed by atoms with Gasteiger partial charge in [-0.1, -0.05) is 35.5 Å². The number of rotatable bonds is 5. The van der Waals surface area contributed by atoms with E-state index < -0.39 is 0 Å². The zero-order valence-electron chi connectivity index (χ0n) is 14.2. The molecule has 2 aromatic rings. The van der Waals surface area contributed by atoms with E-state index in [0.717, 1.165) is 25.9 Å². The molecule has 0 radical (unpaired) electrons. The van der Waals surface area contributed by atoms with Crippen LogP contribution < -0.4 is 5.32 Å². The first-order valence-corrected chi connectivity index (χ1v) is 8.39. The molecule has 1 fully saturated rings. The summed E-state index contributed by atoms with van der Waals surface area (Å²) in [5.74, 6) is 0.0260. The quantitative estimate of drug-likeness (QED) is 0.914. The molecule has 3 rings (SSSR count). The molecule has 0 spiro atoms. The Morgan fingerprint density at radius 2 is 2.04 bits per heavy atom. The number of ether oxygens (including phenoxy) is 1. The van der Waals surface area contributed by atoms with Crippen molar-refractivity contribution in [3.8, 4) is 0 Å². The van der Waals surface area contributed by atoms with E-state index in [1.165, 1.54) is 11.8 Å². The third kappa shape index (κ3) is 3.67. The van der Waals surface area contributed by atoms with Gasteiger partial charge in [-0.05, 0) is 38.7 Å². The second kappa shape index (κ2) is 6.77. The van der Waals surface area contributed by atoms with E-state index >= 15 is 0 Å². The maximum absolute atomic E-state index is 12.0. The molecule has 0 bridgehead atoms. The van der Waals surface area contributed by atoms with Crippen molar-refractivity contribution in [3.05, 3.63) is 53.9 Å². The number of hydrogen-bond acceptors (Lipinski definition) is 4. The Hall–Kier alpha value is -2.14. The Bertz CT molecular complexity index is 667. The number of benzene rings is 1. The number of aromatic nitrogens is 1. The summed E-state index contributed by atoms with van der Waals surface area (Å²) in [5.41, 5.74) is 1.16. The van der Waals surface area contributed by atoms with Gasteiger partial charge in [-0.15, -0.1) is 0 Å². The molecule has 1 amide bonds. The first-order chi connectivity index (χ1) is 11.5. The van der Waals surface area contributed by atoms with Crippen molar-refractivity contribution in [1.82, 2.24) is 10.5 Å². The zero-order valence-corrected chi connectivity index (χ0v) is 14.2. The molecule has 0 aliphatic carbocycles. The lowest BCUT2D eigenvalue weighted by atomic mass is 9.67. The van der Waals surface area contributed by atoms with Crippen molar-refractivity contribution >= 4 is 5.91 Å². The highest BCUT2D eigenvalue weighted by Crippen LogP contribution is 2.43. The van der Waals surface area contributed by atoms with Gasteiger partial charge in [0.05, 0.1) is 11.8 Å². The number of amides is 1. The molecule has 1 aliphatic heterocycles. The second-order valence-electron chi connectivity index (χ2n) is 7.06. The van der Waals surface area contributed by atoms with Crippen LogP contribution in [0.5, 0.6) is 0 Å². The molecule has 1 aromatic carbocycles. The van der Waals surface area contributed by atoms with Crippen LogP contribution in [0.15, 0.2) is 47.1 Å². The number of hydrogen-bond donors (Lipinski definition) is 1. The molecule has 128 valence electrons. The van der Waals surface area contributed by atoms with Gasteiger partial charge in [0.2, 0.25) is 5.76 Å². The lowest BCUT2D eigenvalue weighted by molar-refractivity contribution is -0.0838. The molecule has 1 aliphatic rings. The summed E-state index contributed by atoms with van der Waals surface area (Å²) in [6.07, 6.45) is 4.23. The fourth-order valence-corrected chi connectivity index (χ4v) is 3.71. The maximum atomic E-state index is 12.0. The van der Waals surface area contributed by atoms with Gasteiger partial charge in [-0.25, -0.2) is 0 Å². The molecule has 1 saturated heterocycles. The van der Waals surface area contributed by atoms with Crippen LogP contribution >= 0.6 is 0 Å². The molecule has 1 N–H and O–H groups in total. The summed E-state index contributed by atoms with van der Waals surface area (Å²) < 4.78 is 10.8. The molecule has 0 saturated carbocycles. The molecule has 5 nitrogen and oxygen atoms in total. The fourth-order valence-electron chi connectivity index (χ4n) is 3.71. The molecular weight excluding hydrogens is 304 g/mol. The molecule has 1 atom stereocenters. The average molecular weight is 328 g/mol. The highest BCUT2D eigenvalue weighted by molar-refractivity contribution is 5.91. The van der Waals surface area contributed by atoms with E-state index in [1.54, 1.807) is 6.07 Å². The lowest BCUT2D eigenvalue weighted by Gasteiger charge is -2.45. The van der Waals surface area contributed by atoms with Crippen LogP contribution in [0.4, 0.5) is 0 Å². The molecule has 2 heterocycles. The molecular formula is C19H24N2O3. The van der Waals surface area contributed by atoms with Crippen molar-refractivity contribution in [2.75, 3.05) is 13.2 Å². The smallest absolute Gasteiger partial charge is 0.289 e. The van der Waals surface area contributed by atoms with Crippen molar-refractivity contribution in [2.24, 2.45) is 0 Å². The Kier molecular flexibility index (Phi) is 4.71. The topological polar surface area (TPSA) is 64.4 Å². The van der Waals surface area contributed by atoms with Crippen LogP contribution in [0, 0.1) is 0 Å². The van der Waals surface area contributed by atoms with E-state index in [-0.39, 0.29) is 22.7 Å². The monoisotopic (exact) mass is 328 g/mol. The highest BCUT2D eigenvalue weighted by atomic mass is 16.5. The van der Waals surface area contributed by atoms with Gasteiger partial charge in [0.1, 0.15) is 0 Å². The minimum Gasteiger partial charge on any atom is -0.376 e. The van der Waals surface area contributed by atoms with Gasteiger partial charge < -0.3 is 14.6 Å². The Morgan fingerprint density at radius 1 is 1.25 bits per heavy atom. The normalized spacial score (nSPS) is 22.9. The minimum absolute atomic E-state index is 0.0116. The van der Waals surface area contributed by atoms with Crippen molar-refractivity contribution in [1.29, 1.82) is 0 Å². The van der Waals surface area contributed by atoms with Crippen LogP contribution in [-0.2, 0) is 10.2 Å². The summed E-state index contributed by atoms with van der Waals surface area (Å²) in [5, 5.41) is 6.51. The molecule has 5 heteroatoms. The zero-order chi connectivity index (χ0) is 17.0. The molecule has 1 unspecified atom stereocenters. The van der Waals surface area contributed by atoms with E-state index in [2.05, 4.69) is 48.6 Å². The van der Waals surface area contributed by atoms with Crippen LogP contribution in [0.1, 0.15) is 49.2 Å². The third-order valence-corrected chi connectivity index (χ3v) is 4.77. The summed E-state index contributed by atoms with van der Waals surface area (Å²) >= 11 is 0. The fraction of sp³-hybridized carbons (Fsp3) is 0.474. The first-order valence-electron chi connectivity index (χ1n) is 8.39. The predicted molar refractivity (Wildman–Crippen MR) is 90.8 cm³/mol. The van der Waals surface area contributed by atoms with Crippen molar-refractivity contribution in [3.63, 3.8) is 0 Å². The SMILES string of the molecule is CC1(C)CC(CCNC(=O)c2ccno2)(c2ccccc2)CCO1. The van der Waals surface area contributed by atoms with Gasteiger partial charge in [0.25, 0.3) is 5.91 Å². The van der Waals surface area contributed by atoms with Crippen molar-refractivity contribution < 1.29 is 14.1 Å². The van der Waals surface area contributed by atoms with Crippen molar-refractivity contribution in [2.45, 2.75) is 44.1 Å².